The van der Waals surface area contributed by atoms with Crippen LogP contribution in [0.3, 0.4) is 0 Å². The van der Waals surface area contributed by atoms with Crippen LogP contribution in [0.5, 0.6) is 0 Å². The fourth-order valence-corrected chi connectivity index (χ4v) is 1.39. The van der Waals surface area contributed by atoms with Crippen molar-refractivity contribution < 1.29 is 0 Å². The zero-order chi connectivity index (χ0) is 10.6. The zero-order valence-corrected chi connectivity index (χ0v) is 9.45. The minimum absolute atomic E-state index is 0.369. The largest absolute Gasteiger partial charge is 0.376 e. The fourth-order valence-electron chi connectivity index (χ4n) is 1.29. The molecule has 0 saturated carbocycles. The zero-order valence-electron chi connectivity index (χ0n) is 8.63. The van der Waals surface area contributed by atoms with Crippen LogP contribution in [0, 0.1) is 13.8 Å². The highest BCUT2D eigenvalue weighted by atomic mass is 32.1. The number of benzene rings is 1. The molecule has 1 aromatic rings. The monoisotopic (exact) mass is 208 g/mol. The SMILES string of the molecule is Cc1ccc(CCNC(N)=S)cc1C. The minimum Gasteiger partial charge on any atom is -0.376 e. The first kappa shape index (κ1) is 11.0. The number of hydrogen-bond acceptors (Lipinski definition) is 1. The third-order valence-electron chi connectivity index (χ3n) is 2.28. The normalized spacial score (nSPS) is 9.86. The quantitative estimate of drug-likeness (QED) is 0.742. The van der Waals surface area contributed by atoms with Gasteiger partial charge in [-0.3, -0.25) is 0 Å². The van der Waals surface area contributed by atoms with E-state index in [0.29, 0.717) is 5.11 Å². The van der Waals surface area contributed by atoms with E-state index in [0.717, 1.165) is 13.0 Å². The Bertz CT molecular complexity index is 334. The summed E-state index contributed by atoms with van der Waals surface area (Å²) in [5, 5.41) is 3.31. The number of thiocarbonyl (C=S) groups is 1. The number of nitrogens with two attached hydrogens (primary N) is 1. The molecule has 0 heterocycles. The van der Waals surface area contributed by atoms with Crippen molar-refractivity contribution in [2.75, 3.05) is 6.54 Å². The van der Waals surface area contributed by atoms with Crippen molar-refractivity contribution in [1.82, 2.24) is 5.32 Å². The van der Waals surface area contributed by atoms with E-state index in [1.807, 2.05) is 0 Å². The van der Waals surface area contributed by atoms with Gasteiger partial charge >= 0.3 is 0 Å². The molecule has 0 aliphatic heterocycles. The predicted molar refractivity (Wildman–Crippen MR) is 64.4 cm³/mol. The van der Waals surface area contributed by atoms with E-state index in [1.165, 1.54) is 16.7 Å². The second-order valence-corrected chi connectivity index (χ2v) is 3.90. The lowest BCUT2D eigenvalue weighted by atomic mass is 10.0. The molecule has 1 rings (SSSR count). The standard InChI is InChI=1S/C11H16N2S/c1-8-3-4-10(7-9(8)2)5-6-13-11(12)14/h3-4,7H,5-6H2,1-2H3,(H3,12,13,14). The van der Waals surface area contributed by atoms with Crippen LogP contribution in [0.4, 0.5) is 0 Å². The van der Waals surface area contributed by atoms with Gasteiger partial charge in [-0.15, -0.1) is 0 Å². The maximum absolute atomic E-state index is 5.33. The van der Waals surface area contributed by atoms with E-state index in [-0.39, 0.29) is 0 Å². The molecular weight excluding hydrogens is 192 g/mol. The van der Waals surface area contributed by atoms with Crippen LogP contribution in [-0.4, -0.2) is 11.7 Å². The van der Waals surface area contributed by atoms with Crippen LogP contribution in [0.1, 0.15) is 16.7 Å². The number of aryl methyl sites for hydroxylation is 2. The molecule has 3 heteroatoms. The molecule has 0 saturated heterocycles. The van der Waals surface area contributed by atoms with Gasteiger partial charge in [0.05, 0.1) is 0 Å². The fraction of sp³-hybridized carbons (Fsp3) is 0.364. The van der Waals surface area contributed by atoms with Crippen LogP contribution in [0.15, 0.2) is 18.2 Å². The second-order valence-electron chi connectivity index (χ2n) is 3.46. The minimum atomic E-state index is 0.369. The van der Waals surface area contributed by atoms with Crippen molar-refractivity contribution in [3.05, 3.63) is 34.9 Å². The highest BCUT2D eigenvalue weighted by Crippen LogP contribution is 2.09. The van der Waals surface area contributed by atoms with Crippen LogP contribution in [-0.2, 0) is 6.42 Å². The van der Waals surface area contributed by atoms with Crippen molar-refractivity contribution in [2.24, 2.45) is 5.73 Å². The van der Waals surface area contributed by atoms with E-state index in [9.17, 15) is 0 Å². The summed E-state index contributed by atoms with van der Waals surface area (Å²) in [4.78, 5) is 0. The lowest BCUT2D eigenvalue weighted by Gasteiger charge is -2.06. The van der Waals surface area contributed by atoms with E-state index >= 15 is 0 Å². The number of hydrogen-bond donors (Lipinski definition) is 2. The summed E-state index contributed by atoms with van der Waals surface area (Å²) in [6.45, 7) is 5.05. The smallest absolute Gasteiger partial charge is 0.163 e. The van der Waals surface area contributed by atoms with Gasteiger partial charge in [-0.05, 0) is 49.2 Å². The highest BCUT2D eigenvalue weighted by molar-refractivity contribution is 7.80. The first-order chi connectivity index (χ1) is 6.59. The van der Waals surface area contributed by atoms with Crippen molar-refractivity contribution in [1.29, 1.82) is 0 Å². The topological polar surface area (TPSA) is 38.0 Å². The Morgan fingerprint density at radius 3 is 2.64 bits per heavy atom. The molecule has 0 spiro atoms. The lowest BCUT2D eigenvalue weighted by molar-refractivity contribution is 0.868. The van der Waals surface area contributed by atoms with Crippen LogP contribution < -0.4 is 11.1 Å². The lowest BCUT2D eigenvalue weighted by Crippen LogP contribution is -2.30. The van der Waals surface area contributed by atoms with Crippen molar-refractivity contribution in [2.45, 2.75) is 20.3 Å². The Morgan fingerprint density at radius 2 is 2.07 bits per heavy atom. The first-order valence-electron chi connectivity index (χ1n) is 4.69. The van der Waals surface area contributed by atoms with Crippen molar-refractivity contribution in [3.8, 4) is 0 Å². The summed E-state index contributed by atoms with van der Waals surface area (Å²) in [6, 6.07) is 6.49. The average molecular weight is 208 g/mol. The molecule has 0 amide bonds. The van der Waals surface area contributed by atoms with Gasteiger partial charge in [0.1, 0.15) is 0 Å². The Kier molecular flexibility index (Phi) is 3.89. The molecule has 76 valence electrons. The highest BCUT2D eigenvalue weighted by Gasteiger charge is 1.96. The third-order valence-corrected chi connectivity index (χ3v) is 2.43. The second kappa shape index (κ2) is 4.96. The maximum Gasteiger partial charge on any atom is 0.163 e. The summed E-state index contributed by atoms with van der Waals surface area (Å²) in [5.41, 5.74) is 9.31. The van der Waals surface area contributed by atoms with Gasteiger partial charge in [0, 0.05) is 6.54 Å². The number of rotatable bonds is 3. The third kappa shape index (κ3) is 3.34. The predicted octanol–water partition coefficient (Wildman–Crippen LogP) is 1.68. The molecule has 2 nitrogen and oxygen atoms in total. The maximum atomic E-state index is 5.33. The molecule has 1 aromatic carbocycles. The van der Waals surface area contributed by atoms with Gasteiger partial charge in [-0.1, -0.05) is 18.2 Å². The summed E-state index contributed by atoms with van der Waals surface area (Å²) in [5.74, 6) is 0. The molecule has 0 unspecified atom stereocenters. The summed E-state index contributed by atoms with van der Waals surface area (Å²) in [7, 11) is 0. The molecule has 3 N–H and O–H groups in total. The van der Waals surface area contributed by atoms with E-state index in [1.54, 1.807) is 0 Å². The van der Waals surface area contributed by atoms with E-state index in [2.05, 4.69) is 37.4 Å². The van der Waals surface area contributed by atoms with Gasteiger partial charge < -0.3 is 11.1 Å². The Balaban J connectivity index is 2.51. The van der Waals surface area contributed by atoms with Crippen LogP contribution >= 0.6 is 12.2 Å². The van der Waals surface area contributed by atoms with E-state index in [4.69, 9.17) is 18.0 Å². The molecular formula is C11H16N2S. The van der Waals surface area contributed by atoms with Crippen LogP contribution in [0.25, 0.3) is 0 Å². The molecule has 0 fully saturated rings. The molecule has 0 radical (unpaired) electrons. The molecule has 0 bridgehead atoms. The van der Waals surface area contributed by atoms with Crippen molar-refractivity contribution in [3.63, 3.8) is 0 Å². The van der Waals surface area contributed by atoms with E-state index < -0.39 is 0 Å². The summed E-state index contributed by atoms with van der Waals surface area (Å²) >= 11 is 4.72. The molecule has 14 heavy (non-hydrogen) atoms. The van der Waals surface area contributed by atoms with Gasteiger partial charge in [0.2, 0.25) is 0 Å². The summed E-state index contributed by atoms with van der Waals surface area (Å²) in [6.07, 6.45) is 0.957. The average Bonchev–Trinajstić information content (AvgIpc) is 2.10. The number of nitrogens with one attached hydrogen (secondary N) is 1. The van der Waals surface area contributed by atoms with Gasteiger partial charge in [-0.2, -0.15) is 0 Å². The van der Waals surface area contributed by atoms with Gasteiger partial charge in [0.25, 0.3) is 0 Å². The Hall–Kier alpha value is -1.09. The summed E-state index contributed by atoms with van der Waals surface area (Å²) < 4.78 is 0. The van der Waals surface area contributed by atoms with Crippen LogP contribution in [0.2, 0.25) is 0 Å². The molecule has 0 aliphatic carbocycles. The Labute approximate surface area is 90.5 Å². The van der Waals surface area contributed by atoms with Crippen molar-refractivity contribution >= 4 is 17.3 Å². The molecule has 0 atom stereocenters. The first-order valence-corrected chi connectivity index (χ1v) is 5.10. The molecule has 0 aromatic heterocycles. The molecule has 0 aliphatic rings. The van der Waals surface area contributed by atoms with Gasteiger partial charge in [0.15, 0.2) is 5.11 Å². The Morgan fingerprint density at radius 1 is 1.36 bits per heavy atom. The van der Waals surface area contributed by atoms with Gasteiger partial charge in [-0.25, -0.2) is 0 Å².